The second-order valence-corrected chi connectivity index (χ2v) is 6.73. The van der Waals surface area contributed by atoms with Crippen LogP contribution in [0.3, 0.4) is 0 Å². The van der Waals surface area contributed by atoms with E-state index >= 15 is 0 Å². The van der Waals surface area contributed by atoms with Gasteiger partial charge in [-0.25, -0.2) is 4.98 Å². The molecular weight excluding hydrogens is 390 g/mol. The lowest BCUT2D eigenvalue weighted by Crippen LogP contribution is -2.01. The van der Waals surface area contributed by atoms with Crippen LogP contribution in [0.2, 0.25) is 0 Å². The van der Waals surface area contributed by atoms with E-state index in [1.807, 2.05) is 36.4 Å². The molecule has 2 heterocycles. The number of halogens is 1. The number of pyridine rings is 1. The second kappa shape index (κ2) is 8.29. The lowest BCUT2D eigenvalue weighted by molar-refractivity contribution is 0.295. The molecular formula is C22H18ClN3O3. The Hall–Kier alpha value is -3.43. The van der Waals surface area contributed by atoms with E-state index in [9.17, 15) is 5.26 Å². The quantitative estimate of drug-likeness (QED) is 0.319. The topological polar surface area (TPSA) is 80.3 Å². The number of alkyl halides is 1. The van der Waals surface area contributed by atoms with Crippen LogP contribution >= 0.6 is 11.6 Å². The first-order valence-corrected chi connectivity index (χ1v) is 9.62. The van der Waals surface area contributed by atoms with Crippen molar-refractivity contribution in [1.82, 2.24) is 4.98 Å². The minimum absolute atomic E-state index is 0.417. The number of ether oxygens (including phenoxy) is 2. The minimum Gasteiger partial charge on any atom is -0.493 e. The molecule has 0 saturated carbocycles. The average Bonchev–Trinajstić information content (AvgIpc) is 3.16. The van der Waals surface area contributed by atoms with E-state index in [0.717, 1.165) is 23.1 Å². The average molecular weight is 408 g/mol. The first kappa shape index (κ1) is 18.9. The largest absolute Gasteiger partial charge is 0.493 e. The summed E-state index contributed by atoms with van der Waals surface area (Å²) in [5, 5.41) is 13.6. The maximum Gasteiger partial charge on any atom is 0.163 e. The van der Waals surface area contributed by atoms with Gasteiger partial charge in [-0.2, -0.15) is 5.26 Å². The Kier molecular flexibility index (Phi) is 5.41. The van der Waals surface area contributed by atoms with E-state index in [1.54, 1.807) is 19.4 Å². The standard InChI is InChI=1S/C22H18ClN3O3/c1-27-19-11-15-10-16(13-24)22(26-18(15)12-20(19)28-9-3-7-23)25-17-6-5-14-4-2-8-29-21(14)17/h2,4-6,8,10-12H,3,7,9H2,1H3,(H,25,26). The number of nitrogens with zero attached hydrogens (tertiary/aromatic N) is 2. The highest BCUT2D eigenvalue weighted by Gasteiger charge is 2.16. The molecule has 0 saturated heterocycles. The molecule has 7 heteroatoms. The summed E-state index contributed by atoms with van der Waals surface area (Å²) in [6, 6.07) is 15.2. The van der Waals surface area contributed by atoms with E-state index < -0.39 is 0 Å². The zero-order chi connectivity index (χ0) is 20.2. The van der Waals surface area contributed by atoms with E-state index in [2.05, 4.69) is 16.4 Å². The number of nitrogens with one attached hydrogen (secondary N) is 1. The van der Waals surface area contributed by atoms with Crippen molar-refractivity contribution in [3.05, 3.63) is 54.3 Å². The summed E-state index contributed by atoms with van der Waals surface area (Å²) < 4.78 is 16.8. The molecule has 0 fully saturated rings. The monoisotopic (exact) mass is 407 g/mol. The van der Waals surface area contributed by atoms with Crippen molar-refractivity contribution >= 4 is 34.0 Å². The van der Waals surface area contributed by atoms with Crippen molar-refractivity contribution in [2.24, 2.45) is 0 Å². The van der Waals surface area contributed by atoms with Gasteiger partial charge in [0.2, 0.25) is 0 Å². The molecule has 2 aliphatic rings. The number of anilines is 2. The van der Waals surface area contributed by atoms with Crippen molar-refractivity contribution < 1.29 is 13.9 Å². The Morgan fingerprint density at radius 2 is 2.10 bits per heavy atom. The summed E-state index contributed by atoms with van der Waals surface area (Å²) in [5.41, 5.74) is 2.81. The summed E-state index contributed by atoms with van der Waals surface area (Å²) >= 11 is 5.73. The Labute approximate surface area is 173 Å². The SMILES string of the molecule is COc1cc2cc(C#N)c(Nc3ccc4cccoc3-4)nc2cc1OCCCCl. The summed E-state index contributed by atoms with van der Waals surface area (Å²) in [4.78, 5) is 4.66. The van der Waals surface area contributed by atoms with Crippen molar-refractivity contribution in [1.29, 1.82) is 5.26 Å². The molecule has 0 atom stereocenters. The van der Waals surface area contributed by atoms with Crippen molar-refractivity contribution in [2.75, 3.05) is 24.9 Å². The molecule has 1 aliphatic carbocycles. The third-order valence-corrected chi connectivity index (χ3v) is 4.75. The molecule has 29 heavy (non-hydrogen) atoms. The molecule has 1 aromatic carbocycles. The highest BCUT2D eigenvalue weighted by molar-refractivity contribution is 6.17. The summed E-state index contributed by atoms with van der Waals surface area (Å²) in [6.45, 7) is 0.480. The van der Waals surface area contributed by atoms with Crippen LogP contribution in [0.25, 0.3) is 22.2 Å². The summed E-state index contributed by atoms with van der Waals surface area (Å²) in [6.07, 6.45) is 2.34. The fourth-order valence-electron chi connectivity index (χ4n) is 3.09. The number of hydrogen-bond acceptors (Lipinski definition) is 6. The van der Waals surface area contributed by atoms with Gasteiger partial charge < -0.3 is 19.2 Å². The van der Waals surface area contributed by atoms with Crippen LogP contribution in [-0.4, -0.2) is 24.6 Å². The molecule has 1 N–H and O–H groups in total. The highest BCUT2D eigenvalue weighted by Crippen LogP contribution is 2.36. The van der Waals surface area contributed by atoms with Gasteiger partial charge in [0.25, 0.3) is 0 Å². The van der Waals surface area contributed by atoms with E-state index in [0.29, 0.717) is 46.6 Å². The van der Waals surface area contributed by atoms with Crippen LogP contribution in [0.15, 0.2) is 53.1 Å². The Bertz CT molecular complexity index is 1170. The Balaban J connectivity index is 1.74. The fourth-order valence-corrected chi connectivity index (χ4v) is 3.20. The maximum atomic E-state index is 9.62. The molecule has 0 unspecified atom stereocenters. The molecule has 146 valence electrons. The van der Waals surface area contributed by atoms with E-state index in [4.69, 9.17) is 25.5 Å². The predicted molar refractivity (Wildman–Crippen MR) is 112 cm³/mol. The van der Waals surface area contributed by atoms with Gasteiger partial charge in [0.1, 0.15) is 11.9 Å². The van der Waals surface area contributed by atoms with Crippen LogP contribution in [0.5, 0.6) is 11.5 Å². The fraction of sp³-hybridized carbons (Fsp3) is 0.182. The van der Waals surface area contributed by atoms with Gasteiger partial charge in [0.15, 0.2) is 17.3 Å². The van der Waals surface area contributed by atoms with Gasteiger partial charge in [-0.15, -0.1) is 11.6 Å². The van der Waals surface area contributed by atoms with Crippen LogP contribution in [0.1, 0.15) is 12.0 Å². The molecule has 0 spiro atoms. The molecule has 1 aliphatic heterocycles. The number of fused-ring (bicyclic) bond motifs is 2. The Morgan fingerprint density at radius 1 is 1.21 bits per heavy atom. The first-order chi connectivity index (χ1) is 14.2. The lowest BCUT2D eigenvalue weighted by Gasteiger charge is -2.13. The zero-order valence-corrected chi connectivity index (χ0v) is 16.5. The van der Waals surface area contributed by atoms with Gasteiger partial charge in [0, 0.05) is 22.9 Å². The molecule has 4 rings (SSSR count). The van der Waals surface area contributed by atoms with Crippen LogP contribution in [0, 0.1) is 11.3 Å². The second-order valence-electron chi connectivity index (χ2n) is 6.35. The molecule has 6 nitrogen and oxygen atoms in total. The number of rotatable bonds is 7. The van der Waals surface area contributed by atoms with Gasteiger partial charge in [0.05, 0.1) is 36.7 Å². The minimum atomic E-state index is 0.417. The van der Waals surface area contributed by atoms with Gasteiger partial charge in [-0.3, -0.25) is 0 Å². The molecule has 0 bridgehead atoms. The molecule has 2 aromatic rings. The molecule has 0 amide bonds. The van der Waals surface area contributed by atoms with Crippen LogP contribution in [0.4, 0.5) is 11.5 Å². The smallest absolute Gasteiger partial charge is 0.163 e. The summed E-state index contributed by atoms with van der Waals surface area (Å²) in [7, 11) is 1.58. The van der Waals surface area contributed by atoms with Crippen LogP contribution < -0.4 is 14.8 Å². The number of hydrogen-bond donors (Lipinski definition) is 1. The number of nitriles is 1. The van der Waals surface area contributed by atoms with Gasteiger partial charge in [-0.1, -0.05) is 0 Å². The van der Waals surface area contributed by atoms with E-state index in [1.165, 1.54) is 0 Å². The van der Waals surface area contributed by atoms with Gasteiger partial charge >= 0.3 is 0 Å². The highest BCUT2D eigenvalue weighted by atomic mass is 35.5. The van der Waals surface area contributed by atoms with E-state index in [-0.39, 0.29) is 0 Å². The maximum absolute atomic E-state index is 9.62. The normalized spacial score (nSPS) is 10.8. The predicted octanol–water partition coefficient (Wildman–Crippen LogP) is 5.56. The third-order valence-electron chi connectivity index (χ3n) is 4.49. The van der Waals surface area contributed by atoms with Crippen molar-refractivity contribution in [3.63, 3.8) is 0 Å². The molecule has 0 radical (unpaired) electrons. The lowest BCUT2D eigenvalue weighted by atomic mass is 10.1. The number of aromatic nitrogens is 1. The molecule has 1 aromatic heterocycles. The Morgan fingerprint density at radius 3 is 2.90 bits per heavy atom. The summed E-state index contributed by atoms with van der Waals surface area (Å²) in [5.74, 6) is 2.84. The third kappa shape index (κ3) is 3.78. The van der Waals surface area contributed by atoms with Crippen molar-refractivity contribution in [3.8, 4) is 28.9 Å². The number of benzene rings is 1. The first-order valence-electron chi connectivity index (χ1n) is 9.08. The zero-order valence-electron chi connectivity index (χ0n) is 15.7. The van der Waals surface area contributed by atoms with Crippen molar-refractivity contribution in [2.45, 2.75) is 6.42 Å². The van der Waals surface area contributed by atoms with Crippen LogP contribution in [-0.2, 0) is 0 Å². The van der Waals surface area contributed by atoms with Gasteiger partial charge in [-0.05, 0) is 42.8 Å². The number of methoxy groups -OCH3 is 1.